The molecule has 6 heteroatoms. The number of benzene rings is 1. The van der Waals surface area contributed by atoms with Gasteiger partial charge in [0.25, 0.3) is 17.6 Å². The summed E-state index contributed by atoms with van der Waals surface area (Å²) in [6.45, 7) is 13.5. The van der Waals surface area contributed by atoms with Crippen molar-refractivity contribution in [3.63, 3.8) is 0 Å². The van der Waals surface area contributed by atoms with Crippen molar-refractivity contribution in [3.8, 4) is 6.07 Å². The van der Waals surface area contributed by atoms with Gasteiger partial charge in [0.15, 0.2) is 0 Å². The van der Waals surface area contributed by atoms with E-state index in [0.717, 1.165) is 0 Å². The Hall–Kier alpha value is -1.45. The number of rotatable bonds is 3. The summed E-state index contributed by atoms with van der Waals surface area (Å²) in [4.78, 5) is 4.12. The van der Waals surface area contributed by atoms with Gasteiger partial charge in [-0.3, -0.25) is 0 Å². The first-order chi connectivity index (χ1) is 10.4. The fourth-order valence-corrected chi connectivity index (χ4v) is 2.20. The van der Waals surface area contributed by atoms with E-state index in [0.29, 0.717) is 17.8 Å². The van der Waals surface area contributed by atoms with Crippen molar-refractivity contribution in [2.24, 2.45) is 0 Å². The van der Waals surface area contributed by atoms with E-state index in [9.17, 15) is 3.89 Å². The highest BCUT2D eigenvalue weighted by atomic mass is 32.3. The molecule has 1 aromatic rings. The average molecular weight is 343 g/mol. The van der Waals surface area contributed by atoms with Crippen LogP contribution in [0.3, 0.4) is 0 Å². The summed E-state index contributed by atoms with van der Waals surface area (Å²) in [6, 6.07) is 7.85. The van der Waals surface area contributed by atoms with Gasteiger partial charge in [0.2, 0.25) is 0 Å². The zero-order valence-corrected chi connectivity index (χ0v) is 15.7. The Morgan fingerprint density at radius 3 is 1.57 bits per heavy atom. The predicted molar refractivity (Wildman–Crippen MR) is 91.8 cm³/mol. The molecule has 4 nitrogen and oxygen atoms in total. The number of halogens is 1. The zero-order chi connectivity index (χ0) is 18.4. The van der Waals surface area contributed by atoms with Gasteiger partial charge >= 0.3 is 6.07 Å². The van der Waals surface area contributed by atoms with E-state index in [-0.39, 0.29) is 0 Å². The first kappa shape index (κ1) is 21.6. The van der Waals surface area contributed by atoms with Crippen molar-refractivity contribution in [3.05, 3.63) is 39.2 Å². The van der Waals surface area contributed by atoms with Crippen molar-refractivity contribution in [2.45, 2.75) is 59.3 Å². The quantitative estimate of drug-likeness (QED) is 0.586. The minimum Gasteiger partial charge on any atom is -0.722 e. The molecule has 0 aliphatic heterocycles. The summed E-state index contributed by atoms with van der Waals surface area (Å²) in [5.41, 5.74) is 5.36. The fourth-order valence-electron chi connectivity index (χ4n) is 2.20. The van der Waals surface area contributed by atoms with Crippen LogP contribution in [0.4, 0.5) is 3.89 Å². The third-order valence-electron chi connectivity index (χ3n) is 3.36. The summed E-state index contributed by atoms with van der Waals surface area (Å²) in [5, 5.41) is 0. The maximum atomic E-state index is 10.1. The third-order valence-corrected chi connectivity index (χ3v) is 3.36. The SMILES string of the molecule is C[N+]#Cc1c(C(C)C)cc(C(C)C)cc1C(C)C.O=S(=O)([O-])F. The van der Waals surface area contributed by atoms with Crippen molar-refractivity contribution in [2.75, 3.05) is 7.05 Å². The second kappa shape index (κ2) is 8.99. The van der Waals surface area contributed by atoms with E-state index in [4.69, 9.17) is 13.0 Å². The summed E-state index contributed by atoms with van der Waals surface area (Å²) in [7, 11) is -3.62. The number of hydrogen-bond donors (Lipinski definition) is 0. The lowest BCUT2D eigenvalue weighted by Crippen LogP contribution is -2.03. The van der Waals surface area contributed by atoms with E-state index < -0.39 is 10.5 Å². The largest absolute Gasteiger partial charge is 0.722 e. The lowest BCUT2D eigenvalue weighted by molar-refractivity contribution is 0.417. The molecule has 0 aliphatic rings. The van der Waals surface area contributed by atoms with Crippen molar-refractivity contribution >= 4 is 10.5 Å². The molecule has 0 bridgehead atoms. The standard InChI is InChI=1S/C17H26N.FHO3S/c1-11(2)14-8-15(12(3)4)17(10-18-7)16(9-14)13(5)6;1-5(2,3)4/h8-9,11-13H,1-7H3;(H,2,3,4)/q+1;/p-1. The Balaban J connectivity index is 0.000000841. The Labute approximate surface area is 139 Å². The molecule has 0 fully saturated rings. The topological polar surface area (TPSA) is 61.6 Å². The van der Waals surface area contributed by atoms with Crippen molar-refractivity contribution in [1.29, 1.82) is 0 Å². The van der Waals surface area contributed by atoms with Gasteiger partial charge < -0.3 is 4.55 Å². The molecule has 0 radical (unpaired) electrons. The van der Waals surface area contributed by atoms with E-state index in [1.165, 1.54) is 22.3 Å². The van der Waals surface area contributed by atoms with Gasteiger partial charge in [0, 0.05) is 0 Å². The molecule has 0 amide bonds. The summed E-state index contributed by atoms with van der Waals surface area (Å²) < 4.78 is 35.3. The molecule has 1 rings (SSSR count). The third kappa shape index (κ3) is 8.10. The zero-order valence-electron chi connectivity index (χ0n) is 14.8. The Morgan fingerprint density at radius 2 is 1.35 bits per heavy atom. The molecule has 0 aliphatic carbocycles. The second-order valence-electron chi connectivity index (χ2n) is 6.27. The van der Waals surface area contributed by atoms with E-state index in [1.54, 1.807) is 7.05 Å². The normalized spacial score (nSPS) is 11.1. The van der Waals surface area contributed by atoms with Gasteiger partial charge in [-0.2, -0.15) is 0 Å². The monoisotopic (exact) mass is 343 g/mol. The van der Waals surface area contributed by atoms with Gasteiger partial charge in [-0.1, -0.05) is 58.5 Å². The van der Waals surface area contributed by atoms with Crippen LogP contribution in [-0.2, 0) is 10.5 Å². The predicted octanol–water partition coefficient (Wildman–Crippen LogP) is 4.78. The minimum atomic E-state index is -5.42. The molecule has 130 valence electrons. The van der Waals surface area contributed by atoms with Crippen molar-refractivity contribution in [1.82, 2.24) is 0 Å². The molecule has 23 heavy (non-hydrogen) atoms. The van der Waals surface area contributed by atoms with E-state index in [1.807, 2.05) is 0 Å². The van der Waals surface area contributed by atoms with Gasteiger partial charge in [0.1, 0.15) is 5.56 Å². The highest BCUT2D eigenvalue weighted by Crippen LogP contribution is 2.31. The lowest BCUT2D eigenvalue weighted by Gasteiger charge is -2.17. The molecule has 0 N–H and O–H groups in total. The summed E-state index contributed by atoms with van der Waals surface area (Å²) in [5.74, 6) is 1.57. The van der Waals surface area contributed by atoms with Gasteiger partial charge in [-0.25, -0.2) is 8.42 Å². The number of nitrogens with zero attached hydrogens (tertiary/aromatic N) is 1. The average Bonchev–Trinajstić information content (AvgIpc) is 2.36. The molecular formula is C17H26FNO3S. The van der Waals surface area contributed by atoms with Crippen LogP contribution < -0.4 is 0 Å². The molecule has 0 aromatic heterocycles. The van der Waals surface area contributed by atoms with Crippen LogP contribution in [0, 0.1) is 6.07 Å². The molecule has 0 saturated carbocycles. The van der Waals surface area contributed by atoms with Crippen LogP contribution in [-0.4, -0.2) is 20.0 Å². The molecule has 0 heterocycles. The van der Waals surface area contributed by atoms with Gasteiger partial charge in [-0.15, -0.1) is 3.89 Å². The molecule has 1 aromatic carbocycles. The maximum Gasteiger partial charge on any atom is 0.311 e. The fraction of sp³-hybridized carbons (Fsp3) is 0.588. The van der Waals surface area contributed by atoms with Gasteiger partial charge in [0.05, 0.1) is 0 Å². The van der Waals surface area contributed by atoms with E-state index in [2.05, 4.69) is 64.6 Å². The van der Waals surface area contributed by atoms with Gasteiger partial charge in [-0.05, 0) is 34.4 Å². The lowest BCUT2D eigenvalue weighted by atomic mass is 9.85. The molecule has 0 saturated heterocycles. The second-order valence-corrected chi connectivity index (χ2v) is 7.05. The maximum absolute atomic E-state index is 10.1. The smallest absolute Gasteiger partial charge is 0.311 e. The van der Waals surface area contributed by atoms with Crippen LogP contribution in [0.2, 0.25) is 0 Å². The number of hydrogen-bond acceptors (Lipinski definition) is 3. The first-order valence-corrected chi connectivity index (χ1v) is 8.87. The minimum absolute atomic E-state index is 0.505. The van der Waals surface area contributed by atoms with Crippen LogP contribution in [0.15, 0.2) is 12.1 Å². The van der Waals surface area contributed by atoms with Crippen molar-refractivity contribution < 1.29 is 16.9 Å². The molecule has 0 atom stereocenters. The summed E-state index contributed by atoms with van der Waals surface area (Å²) >= 11 is 0. The molecule has 0 unspecified atom stereocenters. The van der Waals surface area contributed by atoms with Crippen LogP contribution in [0.25, 0.3) is 4.85 Å². The Kier molecular flexibility index (Phi) is 8.43. The first-order valence-electron chi connectivity index (χ1n) is 7.56. The summed E-state index contributed by atoms with van der Waals surface area (Å²) in [6.07, 6.45) is 0. The van der Waals surface area contributed by atoms with Crippen LogP contribution in [0.1, 0.15) is 81.5 Å². The highest BCUT2D eigenvalue weighted by molar-refractivity contribution is 7.80. The van der Waals surface area contributed by atoms with Crippen LogP contribution >= 0.6 is 0 Å². The van der Waals surface area contributed by atoms with Crippen LogP contribution in [0.5, 0.6) is 0 Å². The highest BCUT2D eigenvalue weighted by Gasteiger charge is 2.18. The Morgan fingerprint density at radius 1 is 1.00 bits per heavy atom. The Bertz CT molecular complexity index is 647. The molecule has 0 spiro atoms. The van der Waals surface area contributed by atoms with E-state index >= 15 is 0 Å². The molecular weight excluding hydrogens is 317 g/mol.